The van der Waals surface area contributed by atoms with Gasteiger partial charge in [-0.05, 0) is 26.9 Å². The second-order valence-corrected chi connectivity index (χ2v) is 11.7. The van der Waals surface area contributed by atoms with Crippen LogP contribution in [0.3, 0.4) is 0 Å². The number of Topliss-reactive ketones (excluding diaryl/α,β-unsaturated/α-hetero) is 2. The number of unbranched alkanes of at least 4 members (excludes halogenated alkanes) is 20. The molecule has 0 aromatic heterocycles. The summed E-state index contributed by atoms with van der Waals surface area (Å²) in [5.74, 6) is 0.343. The number of carbonyl (C=O) groups excluding carboxylic acids is 2. The Morgan fingerprint density at radius 3 is 1.06 bits per heavy atom. The summed E-state index contributed by atoms with van der Waals surface area (Å²) in [5, 5.41) is 0. The van der Waals surface area contributed by atoms with Gasteiger partial charge in [-0.3, -0.25) is 14.5 Å². The number of nitrogens with zero attached hydrogens (tertiary/aromatic N) is 1. The van der Waals surface area contributed by atoms with Crippen LogP contribution in [0.15, 0.2) is 0 Å². The lowest BCUT2D eigenvalue weighted by molar-refractivity contribution is -0.132. The highest BCUT2D eigenvalue weighted by Gasteiger charge is 2.30. The summed E-state index contributed by atoms with van der Waals surface area (Å²) in [4.78, 5) is 27.8. The first-order valence-electron chi connectivity index (χ1n) is 16.2. The van der Waals surface area contributed by atoms with Gasteiger partial charge in [0.1, 0.15) is 5.78 Å². The molecule has 2 atom stereocenters. The molecule has 3 heteroatoms. The number of likely N-dealkylation sites (N-methyl/N-ethyl adjacent to an activating group) is 1. The minimum atomic E-state index is -0.256. The standard InChI is InChI=1S/C33H65NO2/c1-6-8-10-12-14-16-18-20-22-24-26-28-31(35)30(3)33(34(4)5)32(36)29-27-25-23-21-19-17-15-13-11-9-7-2/h30,33H,6-29H2,1-5H3. The summed E-state index contributed by atoms with van der Waals surface area (Å²) in [6.45, 7) is 6.51. The molecule has 0 bridgehead atoms. The highest BCUT2D eigenvalue weighted by atomic mass is 16.1. The zero-order chi connectivity index (χ0) is 26.9. The van der Waals surface area contributed by atoms with E-state index in [1.165, 1.54) is 116 Å². The smallest absolute Gasteiger partial charge is 0.150 e. The van der Waals surface area contributed by atoms with E-state index in [-0.39, 0.29) is 23.5 Å². The lowest BCUT2D eigenvalue weighted by atomic mass is 9.88. The molecule has 0 N–H and O–H groups in total. The quantitative estimate of drug-likeness (QED) is 0.0988. The van der Waals surface area contributed by atoms with Crippen molar-refractivity contribution in [3.63, 3.8) is 0 Å². The van der Waals surface area contributed by atoms with E-state index in [9.17, 15) is 9.59 Å². The van der Waals surface area contributed by atoms with Crippen LogP contribution >= 0.6 is 0 Å². The molecule has 0 fully saturated rings. The van der Waals surface area contributed by atoms with Crippen molar-refractivity contribution in [2.75, 3.05) is 14.1 Å². The van der Waals surface area contributed by atoms with Crippen LogP contribution in [-0.2, 0) is 9.59 Å². The van der Waals surface area contributed by atoms with Crippen LogP contribution in [0.1, 0.15) is 175 Å². The van der Waals surface area contributed by atoms with Crippen molar-refractivity contribution in [2.24, 2.45) is 5.92 Å². The van der Waals surface area contributed by atoms with E-state index in [1.54, 1.807) is 0 Å². The lowest BCUT2D eigenvalue weighted by Gasteiger charge is -2.28. The Morgan fingerprint density at radius 2 is 0.750 bits per heavy atom. The number of carbonyl (C=O) groups is 2. The molecule has 3 nitrogen and oxygen atoms in total. The normalized spacial score (nSPS) is 13.3. The third-order valence-corrected chi connectivity index (χ3v) is 7.92. The van der Waals surface area contributed by atoms with Crippen LogP contribution in [0.2, 0.25) is 0 Å². The molecule has 36 heavy (non-hydrogen) atoms. The molecule has 0 radical (unpaired) electrons. The van der Waals surface area contributed by atoms with Crippen molar-refractivity contribution >= 4 is 11.6 Å². The van der Waals surface area contributed by atoms with E-state index < -0.39 is 0 Å². The van der Waals surface area contributed by atoms with Gasteiger partial charge in [0.05, 0.1) is 6.04 Å². The highest BCUT2D eigenvalue weighted by Crippen LogP contribution is 2.19. The zero-order valence-electron chi connectivity index (χ0n) is 25.4. The first kappa shape index (κ1) is 35.3. The van der Waals surface area contributed by atoms with Crippen molar-refractivity contribution in [1.82, 2.24) is 4.90 Å². The van der Waals surface area contributed by atoms with Crippen molar-refractivity contribution in [1.29, 1.82) is 0 Å². The largest absolute Gasteiger partial charge is 0.299 e. The van der Waals surface area contributed by atoms with Crippen LogP contribution in [0.4, 0.5) is 0 Å². The van der Waals surface area contributed by atoms with Crippen LogP contribution < -0.4 is 0 Å². The minimum absolute atomic E-state index is 0.191. The van der Waals surface area contributed by atoms with Gasteiger partial charge in [-0.1, -0.05) is 149 Å². The summed E-state index contributed by atoms with van der Waals surface area (Å²) in [5.41, 5.74) is 0. The fourth-order valence-corrected chi connectivity index (χ4v) is 5.49. The molecule has 0 rings (SSSR count). The van der Waals surface area contributed by atoms with Gasteiger partial charge in [0.15, 0.2) is 5.78 Å². The van der Waals surface area contributed by atoms with E-state index in [0.29, 0.717) is 12.8 Å². The van der Waals surface area contributed by atoms with E-state index in [1.807, 2.05) is 25.9 Å². The van der Waals surface area contributed by atoms with E-state index in [4.69, 9.17) is 0 Å². The predicted molar refractivity (Wildman–Crippen MR) is 159 cm³/mol. The average molecular weight is 508 g/mol. The third kappa shape index (κ3) is 20.4. The molecule has 2 unspecified atom stereocenters. The van der Waals surface area contributed by atoms with Crippen LogP contribution in [0.5, 0.6) is 0 Å². The summed E-state index contributed by atoms with van der Waals surface area (Å²) in [6.07, 6.45) is 29.7. The second-order valence-electron chi connectivity index (χ2n) is 11.7. The highest BCUT2D eigenvalue weighted by molar-refractivity contribution is 5.91. The van der Waals surface area contributed by atoms with Gasteiger partial charge in [-0.2, -0.15) is 0 Å². The molecule has 214 valence electrons. The first-order chi connectivity index (χ1) is 17.5. The average Bonchev–Trinajstić information content (AvgIpc) is 2.85. The fourth-order valence-electron chi connectivity index (χ4n) is 5.49. The number of hydrogen-bond donors (Lipinski definition) is 0. The van der Waals surface area contributed by atoms with Gasteiger partial charge < -0.3 is 0 Å². The molecular weight excluding hydrogens is 442 g/mol. The van der Waals surface area contributed by atoms with Crippen LogP contribution in [0.25, 0.3) is 0 Å². The van der Waals surface area contributed by atoms with E-state index in [2.05, 4.69) is 13.8 Å². The van der Waals surface area contributed by atoms with Crippen molar-refractivity contribution in [3.8, 4) is 0 Å². The Balaban J connectivity index is 3.92. The van der Waals surface area contributed by atoms with Crippen molar-refractivity contribution in [3.05, 3.63) is 0 Å². The molecular formula is C33H65NO2. The topological polar surface area (TPSA) is 37.4 Å². The first-order valence-corrected chi connectivity index (χ1v) is 16.2. The van der Waals surface area contributed by atoms with E-state index >= 15 is 0 Å². The van der Waals surface area contributed by atoms with E-state index in [0.717, 1.165) is 25.7 Å². The molecule has 0 aliphatic carbocycles. The Kier molecular flexibility index (Phi) is 25.4. The summed E-state index contributed by atoms with van der Waals surface area (Å²) >= 11 is 0. The molecule has 0 aliphatic heterocycles. The fraction of sp³-hybridized carbons (Fsp3) is 0.939. The van der Waals surface area contributed by atoms with Crippen LogP contribution in [-0.4, -0.2) is 36.6 Å². The SMILES string of the molecule is CCCCCCCCCCCCCC(=O)C(C)C(C(=O)CCCCCCCCCCCCC)N(C)C. The molecule has 0 aromatic rings. The zero-order valence-corrected chi connectivity index (χ0v) is 25.4. The number of hydrogen-bond acceptors (Lipinski definition) is 3. The second kappa shape index (κ2) is 25.9. The van der Waals surface area contributed by atoms with Gasteiger partial charge in [0.2, 0.25) is 0 Å². The summed E-state index contributed by atoms with van der Waals surface area (Å²) in [7, 11) is 3.91. The van der Waals surface area contributed by atoms with Gasteiger partial charge in [-0.15, -0.1) is 0 Å². The molecule has 0 aromatic carbocycles. The maximum atomic E-state index is 13.0. The predicted octanol–water partition coefficient (Wildman–Crippen LogP) is 10.1. The molecule has 0 amide bonds. The Morgan fingerprint density at radius 1 is 0.472 bits per heavy atom. The number of rotatable bonds is 28. The summed E-state index contributed by atoms with van der Waals surface area (Å²) in [6, 6.07) is -0.256. The Hall–Kier alpha value is -0.700. The third-order valence-electron chi connectivity index (χ3n) is 7.92. The van der Waals surface area contributed by atoms with Gasteiger partial charge >= 0.3 is 0 Å². The van der Waals surface area contributed by atoms with Gasteiger partial charge in [0, 0.05) is 18.8 Å². The number of ketones is 2. The molecule has 0 saturated carbocycles. The molecule has 0 saturated heterocycles. The maximum Gasteiger partial charge on any atom is 0.150 e. The molecule has 0 aliphatic rings. The maximum absolute atomic E-state index is 13.0. The van der Waals surface area contributed by atoms with Crippen molar-refractivity contribution in [2.45, 2.75) is 181 Å². The van der Waals surface area contributed by atoms with Gasteiger partial charge in [0.25, 0.3) is 0 Å². The molecule has 0 heterocycles. The Bertz CT molecular complexity index is 502. The van der Waals surface area contributed by atoms with Crippen LogP contribution in [0, 0.1) is 5.92 Å². The molecule has 0 spiro atoms. The lowest BCUT2D eigenvalue weighted by Crippen LogP contribution is -2.44. The monoisotopic (exact) mass is 508 g/mol. The van der Waals surface area contributed by atoms with Gasteiger partial charge in [-0.25, -0.2) is 0 Å². The minimum Gasteiger partial charge on any atom is -0.299 e. The van der Waals surface area contributed by atoms with Crippen molar-refractivity contribution < 1.29 is 9.59 Å². The Labute approximate surface area is 227 Å². The summed E-state index contributed by atoms with van der Waals surface area (Å²) < 4.78 is 0.